The smallest absolute Gasteiger partial charge is 0.253 e. The highest BCUT2D eigenvalue weighted by atomic mass is 16.5. The van der Waals surface area contributed by atoms with Gasteiger partial charge in [-0.3, -0.25) is 9.59 Å². The summed E-state index contributed by atoms with van der Waals surface area (Å²) in [6.07, 6.45) is 1.84. The Hall–Kier alpha value is -2.15. The first-order chi connectivity index (χ1) is 11.0. The first-order valence-electron chi connectivity index (χ1n) is 7.91. The van der Waals surface area contributed by atoms with Crippen LogP contribution < -0.4 is 15.5 Å². The van der Waals surface area contributed by atoms with Gasteiger partial charge in [-0.25, -0.2) is 4.98 Å². The van der Waals surface area contributed by atoms with Gasteiger partial charge in [0, 0.05) is 25.8 Å². The molecule has 1 aromatic rings. The van der Waals surface area contributed by atoms with E-state index in [9.17, 15) is 9.59 Å². The molecular weight excluding hydrogens is 296 g/mol. The first kappa shape index (κ1) is 17.2. The third kappa shape index (κ3) is 4.92. The number of pyridine rings is 1. The second-order valence-corrected chi connectivity index (χ2v) is 5.70. The van der Waals surface area contributed by atoms with E-state index in [1.165, 1.54) is 6.20 Å². The lowest BCUT2D eigenvalue weighted by Crippen LogP contribution is -2.45. The number of likely N-dealkylation sites (N-methyl/N-ethyl adjacent to an activating group) is 1. The summed E-state index contributed by atoms with van der Waals surface area (Å²) in [5, 5.41) is 5.20. The number of aromatic nitrogens is 1. The molecule has 0 saturated carbocycles. The van der Waals surface area contributed by atoms with Crippen LogP contribution in [0, 0.1) is 0 Å². The Balaban J connectivity index is 1.93. The zero-order chi connectivity index (χ0) is 16.8. The third-order valence-corrected chi connectivity index (χ3v) is 3.54. The molecule has 126 valence electrons. The molecule has 0 radical (unpaired) electrons. The molecule has 1 aliphatic heterocycles. The van der Waals surface area contributed by atoms with Crippen LogP contribution >= 0.6 is 0 Å². The Morgan fingerprint density at radius 3 is 2.52 bits per heavy atom. The maximum atomic E-state index is 12.0. The van der Waals surface area contributed by atoms with Gasteiger partial charge in [0.25, 0.3) is 5.91 Å². The highest BCUT2D eigenvalue weighted by Crippen LogP contribution is 2.18. The van der Waals surface area contributed by atoms with E-state index in [4.69, 9.17) is 4.74 Å². The predicted molar refractivity (Wildman–Crippen MR) is 87.5 cm³/mol. The second kappa shape index (κ2) is 7.92. The SMILES string of the molecule is CCNC(=O)CNC(=O)c1ccc(N2C[C@@H](C)O[C@@H](C)C2)nc1. The Morgan fingerprint density at radius 1 is 1.26 bits per heavy atom. The van der Waals surface area contributed by atoms with E-state index >= 15 is 0 Å². The summed E-state index contributed by atoms with van der Waals surface area (Å²) in [5.41, 5.74) is 0.437. The summed E-state index contributed by atoms with van der Waals surface area (Å²) >= 11 is 0. The van der Waals surface area contributed by atoms with E-state index in [0.717, 1.165) is 18.9 Å². The number of nitrogens with zero attached hydrogens (tertiary/aromatic N) is 2. The van der Waals surface area contributed by atoms with E-state index in [-0.39, 0.29) is 30.6 Å². The summed E-state index contributed by atoms with van der Waals surface area (Å²) in [6.45, 7) is 7.96. The molecule has 7 heteroatoms. The molecule has 2 atom stereocenters. The minimum absolute atomic E-state index is 0.0348. The van der Waals surface area contributed by atoms with Crippen molar-refractivity contribution in [2.75, 3.05) is 31.1 Å². The molecule has 1 saturated heterocycles. The van der Waals surface area contributed by atoms with Crippen molar-refractivity contribution in [2.24, 2.45) is 0 Å². The van der Waals surface area contributed by atoms with Crippen molar-refractivity contribution >= 4 is 17.6 Å². The van der Waals surface area contributed by atoms with Crippen LogP contribution in [0.5, 0.6) is 0 Å². The fourth-order valence-electron chi connectivity index (χ4n) is 2.59. The number of anilines is 1. The molecule has 1 aromatic heterocycles. The fourth-order valence-corrected chi connectivity index (χ4v) is 2.59. The number of carbonyl (C=O) groups excluding carboxylic acids is 2. The number of hydrogen-bond acceptors (Lipinski definition) is 5. The minimum atomic E-state index is -0.306. The molecule has 0 aromatic carbocycles. The monoisotopic (exact) mass is 320 g/mol. The molecule has 23 heavy (non-hydrogen) atoms. The van der Waals surface area contributed by atoms with Crippen molar-refractivity contribution in [3.05, 3.63) is 23.9 Å². The van der Waals surface area contributed by atoms with Gasteiger partial charge < -0.3 is 20.3 Å². The summed E-state index contributed by atoms with van der Waals surface area (Å²) < 4.78 is 5.70. The molecule has 1 fully saturated rings. The van der Waals surface area contributed by atoms with E-state index in [0.29, 0.717) is 12.1 Å². The Bertz CT molecular complexity index is 537. The van der Waals surface area contributed by atoms with Gasteiger partial charge in [0.2, 0.25) is 5.91 Å². The van der Waals surface area contributed by atoms with Crippen molar-refractivity contribution in [2.45, 2.75) is 33.0 Å². The maximum Gasteiger partial charge on any atom is 0.253 e. The topological polar surface area (TPSA) is 83.6 Å². The molecule has 0 aliphatic carbocycles. The normalized spacial score (nSPS) is 20.9. The molecule has 0 unspecified atom stereocenters. The number of nitrogens with one attached hydrogen (secondary N) is 2. The number of rotatable bonds is 5. The maximum absolute atomic E-state index is 12.0. The molecule has 1 aliphatic rings. The molecule has 2 heterocycles. The van der Waals surface area contributed by atoms with Gasteiger partial charge in [0.05, 0.1) is 24.3 Å². The van der Waals surface area contributed by atoms with Crippen molar-refractivity contribution in [1.82, 2.24) is 15.6 Å². The average Bonchev–Trinajstić information content (AvgIpc) is 2.52. The first-order valence-corrected chi connectivity index (χ1v) is 7.91. The van der Waals surface area contributed by atoms with Crippen LogP contribution in [0.4, 0.5) is 5.82 Å². The average molecular weight is 320 g/mol. The van der Waals surface area contributed by atoms with E-state index in [1.54, 1.807) is 6.07 Å². The number of morpholine rings is 1. The zero-order valence-corrected chi connectivity index (χ0v) is 13.8. The standard InChI is InChI=1S/C16H24N4O3/c1-4-17-15(21)8-19-16(22)13-5-6-14(18-7-13)20-9-11(2)23-12(3)10-20/h5-7,11-12H,4,8-10H2,1-3H3,(H,17,21)(H,19,22)/t11-,12+. The highest BCUT2D eigenvalue weighted by Gasteiger charge is 2.23. The lowest BCUT2D eigenvalue weighted by atomic mass is 10.2. The van der Waals surface area contributed by atoms with Crippen LogP contribution in [0.15, 0.2) is 18.3 Å². The zero-order valence-electron chi connectivity index (χ0n) is 13.8. The molecule has 0 spiro atoms. The lowest BCUT2D eigenvalue weighted by Gasteiger charge is -2.36. The second-order valence-electron chi connectivity index (χ2n) is 5.70. The van der Waals surface area contributed by atoms with Gasteiger partial charge in [-0.2, -0.15) is 0 Å². The van der Waals surface area contributed by atoms with Gasteiger partial charge in [-0.1, -0.05) is 0 Å². The van der Waals surface area contributed by atoms with Gasteiger partial charge in [-0.15, -0.1) is 0 Å². The van der Waals surface area contributed by atoms with Crippen molar-refractivity contribution < 1.29 is 14.3 Å². The van der Waals surface area contributed by atoms with E-state index in [2.05, 4.69) is 20.5 Å². The van der Waals surface area contributed by atoms with Crippen LogP contribution in [-0.4, -0.2) is 55.2 Å². The molecule has 7 nitrogen and oxygen atoms in total. The summed E-state index contributed by atoms with van der Waals surface area (Å²) in [6, 6.07) is 3.55. The number of amides is 2. The number of carbonyl (C=O) groups is 2. The number of hydrogen-bond donors (Lipinski definition) is 2. The van der Waals surface area contributed by atoms with Crippen LogP contribution in [-0.2, 0) is 9.53 Å². The molecule has 0 bridgehead atoms. The molecule has 2 amide bonds. The number of ether oxygens (including phenoxy) is 1. The summed E-state index contributed by atoms with van der Waals surface area (Å²) in [5.74, 6) is 0.313. The molecular formula is C16H24N4O3. The summed E-state index contributed by atoms with van der Waals surface area (Å²) in [4.78, 5) is 29.8. The van der Waals surface area contributed by atoms with E-state index in [1.807, 2.05) is 26.8 Å². The minimum Gasteiger partial charge on any atom is -0.372 e. The van der Waals surface area contributed by atoms with Crippen molar-refractivity contribution in [3.8, 4) is 0 Å². The largest absolute Gasteiger partial charge is 0.372 e. The predicted octanol–water partition coefficient (Wildman–Crippen LogP) is 0.561. The van der Waals surface area contributed by atoms with Gasteiger partial charge >= 0.3 is 0 Å². The third-order valence-electron chi connectivity index (χ3n) is 3.54. The quantitative estimate of drug-likeness (QED) is 0.828. The van der Waals surface area contributed by atoms with Crippen LogP contribution in [0.2, 0.25) is 0 Å². The van der Waals surface area contributed by atoms with Crippen molar-refractivity contribution in [1.29, 1.82) is 0 Å². The highest BCUT2D eigenvalue weighted by molar-refractivity contribution is 5.96. The molecule has 2 N–H and O–H groups in total. The Morgan fingerprint density at radius 2 is 1.96 bits per heavy atom. The Kier molecular flexibility index (Phi) is 5.92. The van der Waals surface area contributed by atoms with Gasteiger partial charge in [0.15, 0.2) is 0 Å². The fraction of sp³-hybridized carbons (Fsp3) is 0.562. The van der Waals surface area contributed by atoms with E-state index < -0.39 is 0 Å². The molecule has 2 rings (SSSR count). The van der Waals surface area contributed by atoms with Crippen molar-refractivity contribution in [3.63, 3.8) is 0 Å². The summed E-state index contributed by atoms with van der Waals surface area (Å²) in [7, 11) is 0. The lowest BCUT2D eigenvalue weighted by molar-refractivity contribution is -0.120. The Labute approximate surface area is 136 Å². The van der Waals surface area contributed by atoms with Gasteiger partial charge in [0.1, 0.15) is 5.82 Å². The van der Waals surface area contributed by atoms with Crippen LogP contribution in [0.1, 0.15) is 31.1 Å². The van der Waals surface area contributed by atoms with Crippen LogP contribution in [0.3, 0.4) is 0 Å². The van der Waals surface area contributed by atoms with Crippen LogP contribution in [0.25, 0.3) is 0 Å². The van der Waals surface area contributed by atoms with Gasteiger partial charge in [-0.05, 0) is 32.9 Å².